The van der Waals surface area contributed by atoms with Gasteiger partial charge in [0.25, 0.3) is 0 Å². The number of hydrogen-bond acceptors (Lipinski definition) is 3. The molecule has 0 aliphatic carbocycles. The van der Waals surface area contributed by atoms with Crippen molar-refractivity contribution in [3.63, 3.8) is 0 Å². The first-order chi connectivity index (χ1) is 9.39. The minimum Gasteiger partial charge on any atom is -0.331 e. The first kappa shape index (κ1) is 14.8. The smallest absolute Gasteiger partial charge is 0.317 e. The molecule has 1 saturated heterocycles. The maximum absolute atomic E-state index is 12.1. The molecule has 0 aromatic heterocycles. The van der Waals surface area contributed by atoms with Gasteiger partial charge < -0.3 is 10.2 Å². The summed E-state index contributed by atoms with van der Waals surface area (Å²) in [5.41, 5.74) is 1.02. The third-order valence-corrected chi connectivity index (χ3v) is 5.47. The van der Waals surface area contributed by atoms with Crippen molar-refractivity contribution in [1.82, 2.24) is 10.2 Å². The van der Waals surface area contributed by atoms with Crippen molar-refractivity contribution in [1.29, 1.82) is 0 Å². The summed E-state index contributed by atoms with van der Waals surface area (Å²) >= 11 is 0. The van der Waals surface area contributed by atoms with E-state index in [1.165, 1.54) is 4.90 Å². The maximum Gasteiger partial charge on any atom is 0.317 e. The summed E-state index contributed by atoms with van der Waals surface area (Å²) in [6.07, 6.45) is 0.520. The molecule has 20 heavy (non-hydrogen) atoms. The molecule has 2 unspecified atom stereocenters. The van der Waals surface area contributed by atoms with Gasteiger partial charge in [-0.3, -0.25) is 0 Å². The van der Waals surface area contributed by atoms with E-state index >= 15 is 0 Å². The van der Waals surface area contributed by atoms with Gasteiger partial charge in [-0.25, -0.2) is 13.2 Å². The SMILES string of the molecule is CC(NC(=O)N(C)C1CCS(=O)(=O)C1)c1ccccc1. The first-order valence-electron chi connectivity index (χ1n) is 6.68. The number of carbonyl (C=O) groups is 1. The lowest BCUT2D eigenvalue weighted by molar-refractivity contribution is 0.192. The Balaban J connectivity index is 1.95. The van der Waals surface area contributed by atoms with Crippen LogP contribution in [-0.4, -0.2) is 43.9 Å². The number of carbonyl (C=O) groups excluding carboxylic acids is 1. The zero-order valence-corrected chi connectivity index (χ0v) is 12.6. The van der Waals surface area contributed by atoms with Crippen molar-refractivity contribution in [2.24, 2.45) is 0 Å². The van der Waals surface area contributed by atoms with Crippen LogP contribution < -0.4 is 5.32 Å². The highest BCUT2D eigenvalue weighted by Gasteiger charge is 2.33. The van der Waals surface area contributed by atoms with Crippen molar-refractivity contribution in [2.75, 3.05) is 18.6 Å². The topological polar surface area (TPSA) is 66.5 Å². The van der Waals surface area contributed by atoms with Crippen LogP contribution in [0.5, 0.6) is 0 Å². The van der Waals surface area contributed by atoms with Crippen molar-refractivity contribution < 1.29 is 13.2 Å². The molecule has 1 aliphatic heterocycles. The van der Waals surface area contributed by atoms with Gasteiger partial charge in [-0.15, -0.1) is 0 Å². The largest absolute Gasteiger partial charge is 0.331 e. The summed E-state index contributed by atoms with van der Waals surface area (Å²) in [6, 6.07) is 9.11. The van der Waals surface area contributed by atoms with Crippen LogP contribution in [0.15, 0.2) is 30.3 Å². The number of amides is 2. The molecule has 1 aromatic rings. The fourth-order valence-corrected chi connectivity index (χ4v) is 4.13. The summed E-state index contributed by atoms with van der Waals surface area (Å²) in [5, 5.41) is 2.89. The fraction of sp³-hybridized carbons (Fsp3) is 0.500. The molecule has 1 aliphatic rings. The molecule has 1 fully saturated rings. The van der Waals surface area contributed by atoms with Crippen LogP contribution in [0.2, 0.25) is 0 Å². The van der Waals surface area contributed by atoms with Crippen LogP contribution in [0.3, 0.4) is 0 Å². The third kappa shape index (κ3) is 3.50. The van der Waals surface area contributed by atoms with E-state index in [1.54, 1.807) is 7.05 Å². The summed E-state index contributed by atoms with van der Waals surface area (Å²) in [5.74, 6) is 0.236. The Bertz CT molecular complexity index is 571. The van der Waals surface area contributed by atoms with E-state index in [9.17, 15) is 13.2 Å². The number of urea groups is 1. The first-order valence-corrected chi connectivity index (χ1v) is 8.50. The molecule has 110 valence electrons. The fourth-order valence-electron chi connectivity index (χ4n) is 2.36. The molecule has 1 heterocycles. The van der Waals surface area contributed by atoms with Gasteiger partial charge in [-0.05, 0) is 18.9 Å². The molecule has 2 rings (SSSR count). The Morgan fingerprint density at radius 2 is 2.00 bits per heavy atom. The van der Waals surface area contributed by atoms with Crippen molar-refractivity contribution in [3.05, 3.63) is 35.9 Å². The van der Waals surface area contributed by atoms with E-state index in [4.69, 9.17) is 0 Å². The number of rotatable bonds is 3. The number of hydrogen-bond donors (Lipinski definition) is 1. The second-order valence-electron chi connectivity index (χ2n) is 5.25. The Labute approximate surface area is 119 Å². The van der Waals surface area contributed by atoms with E-state index in [-0.39, 0.29) is 29.6 Å². The summed E-state index contributed by atoms with van der Waals surface area (Å²) in [6.45, 7) is 1.91. The zero-order chi connectivity index (χ0) is 14.8. The molecular weight excluding hydrogens is 276 g/mol. The minimum atomic E-state index is -2.98. The van der Waals surface area contributed by atoms with Gasteiger partial charge in [-0.2, -0.15) is 0 Å². The third-order valence-electron chi connectivity index (χ3n) is 3.72. The van der Waals surface area contributed by atoms with Gasteiger partial charge in [0.2, 0.25) is 0 Å². The second-order valence-corrected chi connectivity index (χ2v) is 7.48. The number of benzene rings is 1. The van der Waals surface area contributed by atoms with Crippen LogP contribution in [0.1, 0.15) is 24.9 Å². The molecule has 1 aromatic carbocycles. The lowest BCUT2D eigenvalue weighted by Gasteiger charge is -2.26. The average Bonchev–Trinajstić information content (AvgIpc) is 2.79. The van der Waals surface area contributed by atoms with Crippen molar-refractivity contribution in [2.45, 2.75) is 25.4 Å². The normalized spacial score (nSPS) is 22.2. The molecule has 2 atom stereocenters. The van der Waals surface area contributed by atoms with Gasteiger partial charge >= 0.3 is 6.03 Å². The zero-order valence-electron chi connectivity index (χ0n) is 11.7. The van der Waals surface area contributed by atoms with E-state index in [0.717, 1.165) is 5.56 Å². The number of nitrogens with zero attached hydrogens (tertiary/aromatic N) is 1. The van der Waals surface area contributed by atoms with E-state index < -0.39 is 9.84 Å². The molecule has 1 N–H and O–H groups in total. The molecule has 0 saturated carbocycles. The van der Waals surface area contributed by atoms with Crippen LogP contribution in [0, 0.1) is 0 Å². The summed E-state index contributed by atoms with van der Waals surface area (Å²) in [7, 11) is -1.32. The lowest BCUT2D eigenvalue weighted by atomic mass is 10.1. The van der Waals surface area contributed by atoms with Crippen LogP contribution in [0.4, 0.5) is 4.79 Å². The van der Waals surface area contributed by atoms with Gasteiger partial charge in [0.1, 0.15) is 0 Å². The van der Waals surface area contributed by atoms with E-state index in [0.29, 0.717) is 6.42 Å². The minimum absolute atomic E-state index is 0.0661. The number of nitrogens with one attached hydrogen (secondary N) is 1. The van der Waals surface area contributed by atoms with E-state index in [1.807, 2.05) is 37.3 Å². The quantitative estimate of drug-likeness (QED) is 0.921. The molecule has 0 radical (unpaired) electrons. The Morgan fingerprint density at radius 3 is 2.55 bits per heavy atom. The lowest BCUT2D eigenvalue weighted by Crippen LogP contribution is -2.44. The molecule has 0 bridgehead atoms. The summed E-state index contributed by atoms with van der Waals surface area (Å²) in [4.78, 5) is 13.6. The molecular formula is C14H20N2O3S. The van der Waals surface area contributed by atoms with Gasteiger partial charge in [0.15, 0.2) is 9.84 Å². The Morgan fingerprint density at radius 1 is 1.35 bits per heavy atom. The maximum atomic E-state index is 12.1. The highest BCUT2D eigenvalue weighted by Crippen LogP contribution is 2.18. The average molecular weight is 296 g/mol. The Hall–Kier alpha value is -1.56. The molecule has 5 nitrogen and oxygen atoms in total. The predicted molar refractivity (Wildman–Crippen MR) is 78.2 cm³/mol. The predicted octanol–water partition coefficient (Wildman–Crippen LogP) is 1.58. The highest BCUT2D eigenvalue weighted by atomic mass is 32.2. The molecule has 2 amide bonds. The molecule has 0 spiro atoms. The van der Waals surface area contributed by atoms with Gasteiger partial charge in [0, 0.05) is 13.1 Å². The molecule has 6 heteroatoms. The van der Waals surface area contributed by atoms with Crippen LogP contribution in [0.25, 0.3) is 0 Å². The summed E-state index contributed by atoms with van der Waals surface area (Å²) < 4.78 is 22.9. The van der Waals surface area contributed by atoms with E-state index in [2.05, 4.69) is 5.32 Å². The Kier molecular flexibility index (Phi) is 4.32. The standard InChI is InChI=1S/C14H20N2O3S/c1-11(12-6-4-3-5-7-12)15-14(17)16(2)13-8-9-20(18,19)10-13/h3-7,11,13H,8-10H2,1-2H3,(H,15,17). The van der Waals surface area contributed by atoms with Crippen molar-refractivity contribution in [3.8, 4) is 0 Å². The van der Waals surface area contributed by atoms with Crippen molar-refractivity contribution >= 4 is 15.9 Å². The second kappa shape index (κ2) is 5.83. The number of sulfone groups is 1. The van der Waals surface area contributed by atoms with Crippen LogP contribution in [-0.2, 0) is 9.84 Å². The van der Waals surface area contributed by atoms with Crippen LogP contribution >= 0.6 is 0 Å². The highest BCUT2D eigenvalue weighted by molar-refractivity contribution is 7.91. The van der Waals surface area contributed by atoms with Gasteiger partial charge in [0.05, 0.1) is 17.5 Å². The monoisotopic (exact) mass is 296 g/mol. The van der Waals surface area contributed by atoms with Gasteiger partial charge in [-0.1, -0.05) is 30.3 Å².